The van der Waals surface area contributed by atoms with E-state index in [0.29, 0.717) is 34.1 Å². The highest BCUT2D eigenvalue weighted by atomic mass is 35.5. The molecular weight excluding hydrogens is 299 g/mol. The first-order valence-corrected chi connectivity index (χ1v) is 7.71. The average molecular weight is 317 g/mol. The summed E-state index contributed by atoms with van der Waals surface area (Å²) in [5.41, 5.74) is 6.00. The van der Waals surface area contributed by atoms with Gasteiger partial charge < -0.3 is 0 Å². The first-order chi connectivity index (χ1) is 9.59. The van der Waals surface area contributed by atoms with E-state index in [-0.39, 0.29) is 11.8 Å². The van der Waals surface area contributed by atoms with E-state index in [2.05, 4.69) is 10.9 Å². The zero-order valence-corrected chi connectivity index (χ0v) is 12.7. The van der Waals surface area contributed by atoms with Crippen molar-refractivity contribution in [2.24, 2.45) is 0 Å². The molecule has 2 amide bonds. The van der Waals surface area contributed by atoms with Gasteiger partial charge in [0.15, 0.2) is 0 Å². The van der Waals surface area contributed by atoms with Gasteiger partial charge in [0.2, 0.25) is 0 Å². The van der Waals surface area contributed by atoms with Gasteiger partial charge in [-0.05, 0) is 51.4 Å². The smallest absolute Gasteiger partial charge is 0.266 e. The van der Waals surface area contributed by atoms with E-state index >= 15 is 0 Å². The van der Waals surface area contributed by atoms with Crippen molar-refractivity contribution in [1.29, 1.82) is 0 Å². The van der Waals surface area contributed by atoms with E-state index < -0.39 is 0 Å². The normalized spacial score (nSPS) is 19.9. The van der Waals surface area contributed by atoms with Crippen LogP contribution in [-0.4, -0.2) is 11.8 Å². The van der Waals surface area contributed by atoms with Crippen LogP contribution in [0, 0.1) is 0 Å². The number of hydrazine groups is 1. The molecule has 0 aromatic carbocycles. The van der Waals surface area contributed by atoms with Gasteiger partial charge in [-0.2, -0.15) is 0 Å². The molecule has 0 atom stereocenters. The Labute approximate surface area is 128 Å². The molecule has 0 saturated carbocycles. The fourth-order valence-electron chi connectivity index (χ4n) is 2.47. The molecule has 110 valence electrons. The molecule has 0 aromatic rings. The van der Waals surface area contributed by atoms with Gasteiger partial charge >= 0.3 is 0 Å². The number of rotatable bonds is 2. The van der Waals surface area contributed by atoms with Crippen molar-refractivity contribution in [3.8, 4) is 0 Å². The summed E-state index contributed by atoms with van der Waals surface area (Å²) >= 11 is 12.1. The summed E-state index contributed by atoms with van der Waals surface area (Å²) in [5, 5.41) is 1.19. The maximum atomic E-state index is 12.0. The SMILES string of the molecule is O=C(NNC(=O)C1=C(Cl)CCCC1)C1=C(Cl)CCCC1. The predicted molar refractivity (Wildman–Crippen MR) is 79.0 cm³/mol. The topological polar surface area (TPSA) is 58.2 Å². The first kappa shape index (κ1) is 15.4. The van der Waals surface area contributed by atoms with Crippen LogP contribution in [0.5, 0.6) is 0 Å². The number of allylic oxidation sites excluding steroid dienone is 2. The molecule has 20 heavy (non-hydrogen) atoms. The maximum absolute atomic E-state index is 12.0. The Morgan fingerprint density at radius 1 is 0.700 bits per heavy atom. The largest absolute Gasteiger partial charge is 0.268 e. The molecular formula is C14H18Cl2N2O2. The Morgan fingerprint density at radius 3 is 1.40 bits per heavy atom. The molecule has 0 fully saturated rings. The van der Waals surface area contributed by atoms with E-state index in [1.54, 1.807) is 0 Å². The molecule has 0 aliphatic heterocycles. The molecule has 0 aromatic heterocycles. The van der Waals surface area contributed by atoms with Crippen molar-refractivity contribution >= 4 is 35.0 Å². The average Bonchev–Trinajstić information content (AvgIpc) is 2.45. The molecule has 2 rings (SSSR count). The zero-order valence-electron chi connectivity index (χ0n) is 11.2. The second-order valence-corrected chi connectivity index (χ2v) is 6.00. The van der Waals surface area contributed by atoms with Crippen molar-refractivity contribution in [2.75, 3.05) is 0 Å². The molecule has 0 spiro atoms. The summed E-state index contributed by atoms with van der Waals surface area (Å²) < 4.78 is 0. The zero-order chi connectivity index (χ0) is 14.5. The highest BCUT2D eigenvalue weighted by molar-refractivity contribution is 6.32. The summed E-state index contributed by atoms with van der Waals surface area (Å²) in [6, 6.07) is 0. The van der Waals surface area contributed by atoms with Crippen LogP contribution in [0.3, 0.4) is 0 Å². The van der Waals surface area contributed by atoms with Crippen LogP contribution >= 0.6 is 23.2 Å². The minimum absolute atomic E-state index is 0.324. The monoisotopic (exact) mass is 316 g/mol. The lowest BCUT2D eigenvalue weighted by Crippen LogP contribution is -2.43. The summed E-state index contributed by atoms with van der Waals surface area (Å²) in [7, 11) is 0. The lowest BCUT2D eigenvalue weighted by Gasteiger charge is -2.18. The van der Waals surface area contributed by atoms with E-state index in [9.17, 15) is 9.59 Å². The minimum Gasteiger partial charge on any atom is -0.268 e. The van der Waals surface area contributed by atoms with Crippen LogP contribution in [0.2, 0.25) is 0 Å². The van der Waals surface area contributed by atoms with Crippen molar-refractivity contribution in [3.05, 3.63) is 21.2 Å². The molecule has 2 aliphatic carbocycles. The van der Waals surface area contributed by atoms with Gasteiger partial charge in [0.05, 0.1) is 0 Å². The fraction of sp³-hybridized carbons (Fsp3) is 0.571. The van der Waals surface area contributed by atoms with Crippen LogP contribution in [-0.2, 0) is 9.59 Å². The number of carbonyl (C=O) groups is 2. The van der Waals surface area contributed by atoms with Crippen LogP contribution in [0.4, 0.5) is 0 Å². The fourth-order valence-corrected chi connectivity index (χ4v) is 3.10. The van der Waals surface area contributed by atoms with Gasteiger partial charge in [0.25, 0.3) is 11.8 Å². The van der Waals surface area contributed by atoms with Crippen molar-refractivity contribution in [3.63, 3.8) is 0 Å². The Bertz CT molecular complexity index is 440. The van der Waals surface area contributed by atoms with E-state index in [1.807, 2.05) is 0 Å². The summed E-state index contributed by atoms with van der Waals surface area (Å²) in [4.78, 5) is 23.9. The Hall–Kier alpha value is -1.000. The standard InChI is InChI=1S/C14H18Cl2N2O2/c15-11-7-3-1-5-9(11)13(19)17-18-14(20)10-6-2-4-8-12(10)16/h1-8H2,(H,17,19)(H,18,20). The quantitative estimate of drug-likeness (QED) is 0.768. The third kappa shape index (κ3) is 3.76. The lowest BCUT2D eigenvalue weighted by molar-refractivity contribution is -0.125. The first-order valence-electron chi connectivity index (χ1n) is 6.95. The van der Waals surface area contributed by atoms with Gasteiger partial charge in [-0.25, -0.2) is 0 Å². The number of nitrogens with one attached hydrogen (secondary N) is 2. The second-order valence-electron chi connectivity index (χ2n) is 5.09. The molecule has 0 unspecified atom stereocenters. The third-order valence-electron chi connectivity index (χ3n) is 3.64. The molecule has 6 heteroatoms. The number of hydrogen-bond acceptors (Lipinski definition) is 2. The molecule has 0 heterocycles. The van der Waals surface area contributed by atoms with Crippen molar-refractivity contribution < 1.29 is 9.59 Å². The van der Waals surface area contributed by atoms with Gasteiger partial charge in [0, 0.05) is 21.2 Å². The van der Waals surface area contributed by atoms with Gasteiger partial charge in [-0.3, -0.25) is 20.4 Å². The number of carbonyl (C=O) groups excluding carboxylic acids is 2. The lowest BCUT2D eigenvalue weighted by atomic mass is 9.98. The van der Waals surface area contributed by atoms with Crippen LogP contribution in [0.1, 0.15) is 51.4 Å². The summed E-state index contributed by atoms with van der Waals surface area (Å²) in [5.74, 6) is -0.647. The van der Waals surface area contributed by atoms with E-state index in [0.717, 1.165) is 38.5 Å². The van der Waals surface area contributed by atoms with Crippen LogP contribution in [0.15, 0.2) is 21.2 Å². The second kappa shape index (κ2) is 7.14. The minimum atomic E-state index is -0.324. The molecule has 4 nitrogen and oxygen atoms in total. The van der Waals surface area contributed by atoms with Gasteiger partial charge in [0.1, 0.15) is 0 Å². The van der Waals surface area contributed by atoms with Crippen molar-refractivity contribution in [2.45, 2.75) is 51.4 Å². The number of amides is 2. The number of hydrogen-bond donors (Lipinski definition) is 2. The van der Waals surface area contributed by atoms with Gasteiger partial charge in [-0.15, -0.1) is 0 Å². The molecule has 2 N–H and O–H groups in total. The predicted octanol–water partition coefficient (Wildman–Crippen LogP) is 3.27. The third-order valence-corrected chi connectivity index (χ3v) is 4.47. The maximum Gasteiger partial charge on any atom is 0.266 e. The molecule has 0 radical (unpaired) electrons. The highest BCUT2D eigenvalue weighted by Crippen LogP contribution is 2.28. The Kier molecular flexibility index (Phi) is 5.49. The van der Waals surface area contributed by atoms with E-state index in [4.69, 9.17) is 23.2 Å². The molecule has 0 bridgehead atoms. The summed E-state index contributed by atoms with van der Waals surface area (Å²) in [6.45, 7) is 0. The number of halogens is 2. The highest BCUT2D eigenvalue weighted by Gasteiger charge is 2.21. The van der Waals surface area contributed by atoms with Gasteiger partial charge in [-0.1, -0.05) is 23.2 Å². The Balaban J connectivity index is 1.92. The summed E-state index contributed by atoms with van der Waals surface area (Å²) in [6.07, 6.45) is 6.68. The van der Waals surface area contributed by atoms with Crippen LogP contribution < -0.4 is 10.9 Å². The van der Waals surface area contributed by atoms with Crippen LogP contribution in [0.25, 0.3) is 0 Å². The van der Waals surface area contributed by atoms with E-state index in [1.165, 1.54) is 0 Å². The molecule has 0 saturated heterocycles. The molecule has 2 aliphatic rings. The Morgan fingerprint density at radius 2 is 1.05 bits per heavy atom. The van der Waals surface area contributed by atoms with Crippen molar-refractivity contribution in [1.82, 2.24) is 10.9 Å².